The molecule has 8 heteroatoms. The van der Waals surface area contributed by atoms with Crippen LogP contribution in [0.2, 0.25) is 0 Å². The fourth-order valence-corrected chi connectivity index (χ4v) is 2.85. The van der Waals surface area contributed by atoms with Crippen molar-refractivity contribution in [2.45, 2.75) is 6.92 Å². The number of nitrogens with one attached hydrogen (secondary N) is 1. The van der Waals surface area contributed by atoms with E-state index in [0.717, 1.165) is 10.0 Å². The highest BCUT2D eigenvalue weighted by molar-refractivity contribution is 9.10. The molecule has 0 unspecified atom stereocenters. The molecule has 0 aromatic heterocycles. The molecule has 32 heavy (non-hydrogen) atoms. The van der Waals surface area contributed by atoms with Crippen LogP contribution >= 0.6 is 15.9 Å². The van der Waals surface area contributed by atoms with Crippen molar-refractivity contribution >= 4 is 34.0 Å². The maximum Gasteiger partial charge on any atom is 0.343 e. The van der Waals surface area contributed by atoms with Crippen molar-refractivity contribution in [3.63, 3.8) is 0 Å². The van der Waals surface area contributed by atoms with E-state index in [1.165, 1.54) is 13.3 Å². The highest BCUT2D eigenvalue weighted by atomic mass is 79.9. The minimum atomic E-state index is -0.502. The van der Waals surface area contributed by atoms with Crippen LogP contribution in [0.15, 0.2) is 76.3 Å². The Morgan fingerprint density at radius 3 is 2.41 bits per heavy atom. The Kier molecular flexibility index (Phi) is 7.99. The minimum Gasteiger partial charge on any atom is -0.493 e. The molecule has 3 aromatic rings. The summed E-state index contributed by atoms with van der Waals surface area (Å²) in [5.41, 5.74) is 4.56. The van der Waals surface area contributed by atoms with Gasteiger partial charge in [-0.25, -0.2) is 10.2 Å². The molecule has 1 amide bonds. The summed E-state index contributed by atoms with van der Waals surface area (Å²) in [5, 5.41) is 3.92. The number of halogens is 1. The van der Waals surface area contributed by atoms with E-state index in [-0.39, 0.29) is 12.4 Å². The van der Waals surface area contributed by atoms with Gasteiger partial charge in [0.05, 0.1) is 18.9 Å². The molecule has 164 valence electrons. The van der Waals surface area contributed by atoms with Gasteiger partial charge in [-0.1, -0.05) is 33.6 Å². The van der Waals surface area contributed by atoms with Crippen LogP contribution in [-0.2, 0) is 4.79 Å². The lowest BCUT2D eigenvalue weighted by atomic mass is 10.2. The van der Waals surface area contributed by atoms with E-state index >= 15 is 0 Å². The van der Waals surface area contributed by atoms with Gasteiger partial charge in [-0.2, -0.15) is 5.10 Å². The van der Waals surface area contributed by atoms with E-state index in [4.69, 9.17) is 14.2 Å². The summed E-state index contributed by atoms with van der Waals surface area (Å²) in [5.74, 6) is 0.334. The third-order valence-electron chi connectivity index (χ3n) is 4.26. The fourth-order valence-electron chi connectivity index (χ4n) is 2.59. The van der Waals surface area contributed by atoms with E-state index in [9.17, 15) is 9.59 Å². The van der Waals surface area contributed by atoms with Crippen molar-refractivity contribution in [1.29, 1.82) is 0 Å². The maximum atomic E-state index is 12.3. The summed E-state index contributed by atoms with van der Waals surface area (Å²) >= 11 is 3.33. The van der Waals surface area contributed by atoms with Crippen LogP contribution in [0.5, 0.6) is 17.2 Å². The number of carbonyl (C=O) groups excluding carboxylic acids is 2. The number of benzene rings is 3. The molecule has 0 aliphatic heterocycles. The van der Waals surface area contributed by atoms with Crippen LogP contribution in [0.25, 0.3) is 0 Å². The Morgan fingerprint density at radius 1 is 1.00 bits per heavy atom. The summed E-state index contributed by atoms with van der Waals surface area (Å²) in [6.45, 7) is 1.81. The molecule has 0 aliphatic rings. The first-order valence-corrected chi connectivity index (χ1v) is 10.4. The fraction of sp³-hybridized carbons (Fsp3) is 0.125. The minimum absolute atomic E-state index is 0.158. The average molecular weight is 497 g/mol. The van der Waals surface area contributed by atoms with E-state index in [2.05, 4.69) is 26.5 Å². The van der Waals surface area contributed by atoms with Gasteiger partial charge in [0.1, 0.15) is 5.75 Å². The number of methoxy groups -OCH3 is 1. The monoisotopic (exact) mass is 496 g/mol. The molecular weight excluding hydrogens is 476 g/mol. The van der Waals surface area contributed by atoms with Crippen LogP contribution in [0.4, 0.5) is 0 Å². The van der Waals surface area contributed by atoms with Crippen LogP contribution in [-0.4, -0.2) is 31.8 Å². The predicted octanol–water partition coefficient (Wildman–Crippen LogP) is 4.51. The molecule has 0 saturated carbocycles. The van der Waals surface area contributed by atoms with Gasteiger partial charge in [-0.15, -0.1) is 0 Å². The van der Waals surface area contributed by atoms with Crippen LogP contribution in [0.1, 0.15) is 21.5 Å². The summed E-state index contributed by atoms with van der Waals surface area (Å²) in [6, 6.07) is 19.1. The largest absolute Gasteiger partial charge is 0.493 e. The lowest BCUT2D eigenvalue weighted by Crippen LogP contribution is -2.24. The van der Waals surface area contributed by atoms with Gasteiger partial charge in [0.15, 0.2) is 18.1 Å². The van der Waals surface area contributed by atoms with Crippen molar-refractivity contribution < 1.29 is 23.8 Å². The second-order valence-electron chi connectivity index (χ2n) is 6.70. The highest BCUT2D eigenvalue weighted by Crippen LogP contribution is 2.28. The molecule has 1 N–H and O–H groups in total. The topological polar surface area (TPSA) is 86.2 Å². The van der Waals surface area contributed by atoms with Crippen LogP contribution in [0, 0.1) is 6.92 Å². The molecule has 3 aromatic carbocycles. The number of nitrogens with zero attached hydrogens (tertiary/aromatic N) is 1. The highest BCUT2D eigenvalue weighted by Gasteiger charge is 2.13. The van der Waals surface area contributed by atoms with E-state index in [1.807, 2.05) is 19.1 Å². The molecule has 0 spiro atoms. The molecule has 0 radical (unpaired) electrons. The predicted molar refractivity (Wildman–Crippen MR) is 125 cm³/mol. The number of amides is 1. The third kappa shape index (κ3) is 6.68. The number of esters is 1. The number of ether oxygens (including phenoxy) is 3. The third-order valence-corrected chi connectivity index (χ3v) is 4.79. The average Bonchev–Trinajstić information content (AvgIpc) is 2.80. The Labute approximate surface area is 194 Å². The lowest BCUT2D eigenvalue weighted by Gasteiger charge is -2.10. The smallest absolute Gasteiger partial charge is 0.343 e. The van der Waals surface area contributed by atoms with Gasteiger partial charge in [0, 0.05) is 4.47 Å². The molecule has 3 rings (SSSR count). The SMILES string of the molecule is COc1cc(/C=N\NC(=O)COc2ccc(C)cc2)ccc1OC(=O)c1ccc(Br)cc1. The van der Waals surface area contributed by atoms with E-state index in [1.54, 1.807) is 54.6 Å². The van der Waals surface area contributed by atoms with E-state index < -0.39 is 11.9 Å². The zero-order valence-electron chi connectivity index (χ0n) is 17.5. The first-order chi connectivity index (χ1) is 15.4. The normalized spacial score (nSPS) is 10.6. The molecule has 0 saturated heterocycles. The second-order valence-corrected chi connectivity index (χ2v) is 7.62. The molecule has 0 fully saturated rings. The Hall–Kier alpha value is -3.65. The Balaban J connectivity index is 1.55. The van der Waals surface area contributed by atoms with Gasteiger partial charge in [0.25, 0.3) is 5.91 Å². The molecule has 0 atom stereocenters. The van der Waals surface area contributed by atoms with Gasteiger partial charge < -0.3 is 14.2 Å². The second kappa shape index (κ2) is 11.1. The summed E-state index contributed by atoms with van der Waals surface area (Å²) in [6.07, 6.45) is 1.45. The number of carbonyl (C=O) groups is 2. The first kappa shape index (κ1) is 23.0. The number of hydrogen-bond acceptors (Lipinski definition) is 6. The maximum absolute atomic E-state index is 12.3. The number of rotatable bonds is 8. The van der Waals surface area contributed by atoms with Crippen molar-refractivity contribution in [3.8, 4) is 17.2 Å². The number of aryl methyl sites for hydroxylation is 1. The van der Waals surface area contributed by atoms with Crippen molar-refractivity contribution in [1.82, 2.24) is 5.43 Å². The van der Waals surface area contributed by atoms with Gasteiger partial charge in [-0.3, -0.25) is 4.79 Å². The summed E-state index contributed by atoms with van der Waals surface area (Å²) in [7, 11) is 1.47. The number of hydrogen-bond donors (Lipinski definition) is 1. The standard InChI is InChI=1S/C24H21BrN2O5/c1-16-3-10-20(11-4-16)31-15-23(28)27-26-14-17-5-12-21(22(13-17)30-2)32-24(29)18-6-8-19(25)9-7-18/h3-14H,15H2,1-2H3,(H,27,28)/b26-14-. The van der Waals surface area contributed by atoms with Crippen molar-refractivity contribution in [3.05, 3.63) is 87.9 Å². The summed E-state index contributed by atoms with van der Waals surface area (Å²) in [4.78, 5) is 24.2. The Bertz CT molecular complexity index is 1110. The van der Waals surface area contributed by atoms with Gasteiger partial charge in [-0.05, 0) is 67.1 Å². The molecule has 0 bridgehead atoms. The zero-order valence-corrected chi connectivity index (χ0v) is 19.1. The van der Waals surface area contributed by atoms with E-state index in [0.29, 0.717) is 22.6 Å². The summed E-state index contributed by atoms with van der Waals surface area (Å²) < 4.78 is 17.0. The Morgan fingerprint density at radius 2 is 1.72 bits per heavy atom. The first-order valence-electron chi connectivity index (χ1n) is 9.62. The molecule has 0 aliphatic carbocycles. The van der Waals surface area contributed by atoms with Crippen LogP contribution < -0.4 is 19.6 Å². The molecular formula is C24H21BrN2O5. The van der Waals surface area contributed by atoms with Crippen molar-refractivity contribution in [2.75, 3.05) is 13.7 Å². The quantitative estimate of drug-likeness (QED) is 0.214. The molecule has 7 nitrogen and oxygen atoms in total. The van der Waals surface area contributed by atoms with Crippen molar-refractivity contribution in [2.24, 2.45) is 5.10 Å². The van der Waals surface area contributed by atoms with Crippen LogP contribution in [0.3, 0.4) is 0 Å². The zero-order chi connectivity index (χ0) is 22.9. The molecule has 0 heterocycles. The van der Waals surface area contributed by atoms with Gasteiger partial charge in [0.2, 0.25) is 0 Å². The number of hydrazone groups is 1. The van der Waals surface area contributed by atoms with Gasteiger partial charge >= 0.3 is 5.97 Å². The lowest BCUT2D eigenvalue weighted by molar-refractivity contribution is -0.123.